The van der Waals surface area contributed by atoms with Gasteiger partial charge in [0.15, 0.2) is 23.0 Å². The highest BCUT2D eigenvalue weighted by atomic mass is 79.9. The first-order chi connectivity index (χ1) is 14.9. The molecule has 0 radical (unpaired) electrons. The number of phenols is 2. The zero-order chi connectivity index (χ0) is 21.9. The molecule has 1 heterocycles. The van der Waals surface area contributed by atoms with Crippen molar-refractivity contribution in [1.82, 2.24) is 4.90 Å². The number of fused-ring (bicyclic) bond motifs is 1. The summed E-state index contributed by atoms with van der Waals surface area (Å²) < 4.78 is 6.45. The number of ether oxygens (including phenoxy) is 1. The summed E-state index contributed by atoms with van der Waals surface area (Å²) in [6.45, 7) is 0.812. The Morgan fingerprint density at radius 3 is 2.74 bits per heavy atom. The number of likely N-dealkylation sites (tertiary alicyclic amines) is 1. The van der Waals surface area contributed by atoms with E-state index in [0.29, 0.717) is 5.76 Å². The fourth-order valence-corrected chi connectivity index (χ4v) is 7.73. The molecule has 31 heavy (non-hydrogen) atoms. The number of carbonyl (C=O) groups is 1. The summed E-state index contributed by atoms with van der Waals surface area (Å²) in [7, 11) is 3.67. The second-order valence-electron chi connectivity index (χ2n) is 8.60. The minimum atomic E-state index is -0.542. The maximum absolute atomic E-state index is 12.9. The molecule has 0 spiro atoms. The van der Waals surface area contributed by atoms with Crippen LogP contribution >= 0.6 is 27.7 Å². The molecular formula is C24H24BrNO4S. The third kappa shape index (κ3) is 3.04. The molecule has 0 unspecified atom stereocenters. The molecule has 7 heteroatoms. The lowest BCUT2D eigenvalue weighted by molar-refractivity contribution is -0.122. The Morgan fingerprint density at radius 2 is 2.00 bits per heavy atom. The third-order valence-corrected chi connectivity index (χ3v) is 9.47. The molecule has 2 aromatic carbocycles. The summed E-state index contributed by atoms with van der Waals surface area (Å²) >= 11 is 5.41. The Labute approximate surface area is 194 Å². The number of rotatable bonds is 3. The topological polar surface area (TPSA) is 70.0 Å². The number of allylic oxidation sites excluding steroid dienone is 1. The van der Waals surface area contributed by atoms with E-state index in [9.17, 15) is 15.0 Å². The lowest BCUT2D eigenvalue weighted by atomic mass is 9.53. The van der Waals surface area contributed by atoms with Gasteiger partial charge in [0.25, 0.3) is 0 Å². The molecule has 2 N–H and O–H groups in total. The molecule has 0 aromatic heterocycles. The summed E-state index contributed by atoms with van der Waals surface area (Å²) in [4.78, 5) is 16.4. The number of thioether (sulfide) groups is 1. The van der Waals surface area contributed by atoms with Crippen molar-refractivity contribution in [2.75, 3.05) is 20.7 Å². The van der Waals surface area contributed by atoms with Crippen LogP contribution in [0.5, 0.6) is 11.5 Å². The molecule has 2 aromatic rings. The number of aromatic hydroxyl groups is 2. The average molecular weight is 502 g/mol. The second-order valence-corrected chi connectivity index (χ2v) is 10.6. The average Bonchev–Trinajstić information content (AvgIpc) is 2.75. The molecule has 4 atom stereocenters. The van der Waals surface area contributed by atoms with Crippen molar-refractivity contribution in [3.8, 4) is 11.5 Å². The number of halogens is 1. The van der Waals surface area contributed by atoms with E-state index in [0.717, 1.165) is 33.5 Å². The van der Waals surface area contributed by atoms with Crippen LogP contribution in [0, 0.1) is 5.92 Å². The van der Waals surface area contributed by atoms with E-state index in [1.165, 1.54) is 7.11 Å². The monoisotopic (exact) mass is 501 g/mol. The maximum Gasteiger partial charge on any atom is 0.197 e. The normalized spacial score (nSPS) is 29.7. The first-order valence-corrected chi connectivity index (χ1v) is 12.0. The number of hydrogen-bond donors (Lipinski definition) is 2. The highest BCUT2D eigenvalue weighted by molar-refractivity contribution is 9.10. The molecule has 1 saturated heterocycles. The van der Waals surface area contributed by atoms with Crippen LogP contribution in [-0.2, 0) is 14.9 Å². The van der Waals surface area contributed by atoms with Crippen LogP contribution in [0.3, 0.4) is 0 Å². The van der Waals surface area contributed by atoms with Crippen LogP contribution in [-0.4, -0.2) is 47.6 Å². The standard InChI is InChI=1S/C24H24BrNO4S/c1-26-10-9-24-12-17(28)18(30-2)11-14(24)21(26)23(31-19-6-4-3-5-15(19)25)13-7-8-16(27)22(29)20(13)24/h3-8,11,14,21,23,27,29H,9-10,12H2,1-2H3/t14-,21-,23-,24-/m1/s1. The van der Waals surface area contributed by atoms with Gasteiger partial charge in [-0.2, -0.15) is 0 Å². The fourth-order valence-electron chi connectivity index (χ4n) is 5.72. The summed E-state index contributed by atoms with van der Waals surface area (Å²) in [5, 5.41) is 21.5. The van der Waals surface area contributed by atoms with Gasteiger partial charge in [0, 0.05) is 38.7 Å². The molecule has 0 saturated carbocycles. The van der Waals surface area contributed by atoms with E-state index in [-0.39, 0.29) is 40.9 Å². The van der Waals surface area contributed by atoms with E-state index in [1.807, 2.05) is 30.3 Å². The first kappa shape index (κ1) is 20.9. The molecule has 3 aliphatic rings. The molecule has 2 bridgehead atoms. The number of piperidine rings is 1. The number of ketones is 1. The molecule has 162 valence electrons. The quantitative estimate of drug-likeness (QED) is 0.590. The SMILES string of the molecule is COC1=C[C@@H]2[C@@H]3[C@H](Sc4ccccc4Br)c4ccc(O)c(O)c4[C@]2(CCN3C)CC1=O. The Bertz CT molecular complexity index is 1100. The van der Waals surface area contributed by atoms with Gasteiger partial charge >= 0.3 is 0 Å². The largest absolute Gasteiger partial charge is 0.504 e. The Hall–Kier alpha value is -1.96. The van der Waals surface area contributed by atoms with Gasteiger partial charge in [-0.25, -0.2) is 0 Å². The summed E-state index contributed by atoms with van der Waals surface area (Å²) in [6, 6.07) is 11.7. The number of hydrogen-bond acceptors (Lipinski definition) is 6. The van der Waals surface area contributed by atoms with Crippen LogP contribution in [0.25, 0.3) is 0 Å². The number of nitrogens with zero attached hydrogens (tertiary/aromatic N) is 1. The highest BCUT2D eigenvalue weighted by Gasteiger charge is 2.59. The van der Waals surface area contributed by atoms with Crippen molar-refractivity contribution in [2.45, 2.75) is 34.4 Å². The Balaban J connectivity index is 1.76. The van der Waals surface area contributed by atoms with E-state index >= 15 is 0 Å². The minimum Gasteiger partial charge on any atom is -0.504 e. The van der Waals surface area contributed by atoms with Crippen molar-refractivity contribution >= 4 is 33.5 Å². The Kier molecular flexibility index (Phi) is 5.11. The second kappa shape index (κ2) is 7.57. The van der Waals surface area contributed by atoms with Crippen LogP contribution in [0.15, 0.2) is 57.6 Å². The molecule has 1 fully saturated rings. The zero-order valence-corrected chi connectivity index (χ0v) is 19.7. The van der Waals surface area contributed by atoms with Gasteiger partial charge in [-0.3, -0.25) is 4.79 Å². The number of phenolic OH excluding ortho intramolecular Hbond substituents is 2. The number of Topliss-reactive ketones (excluding diaryl/α,β-unsaturated/α-hetero) is 1. The van der Waals surface area contributed by atoms with Gasteiger partial charge in [0.05, 0.1) is 12.4 Å². The number of methoxy groups -OCH3 is 1. The van der Waals surface area contributed by atoms with Crippen LogP contribution in [0.4, 0.5) is 0 Å². The predicted molar refractivity (Wildman–Crippen MR) is 123 cm³/mol. The van der Waals surface area contributed by atoms with Gasteiger partial charge in [-0.15, -0.1) is 11.8 Å². The van der Waals surface area contributed by atoms with Gasteiger partial charge in [-0.1, -0.05) is 18.2 Å². The number of likely N-dealkylation sites (N-methyl/N-ethyl adjacent to an activating group) is 1. The molecule has 1 aliphatic heterocycles. The lowest BCUT2D eigenvalue weighted by Crippen LogP contribution is -2.61. The van der Waals surface area contributed by atoms with Crippen LogP contribution < -0.4 is 0 Å². The van der Waals surface area contributed by atoms with E-state index in [4.69, 9.17) is 4.74 Å². The zero-order valence-electron chi connectivity index (χ0n) is 17.3. The minimum absolute atomic E-state index is 0.00573. The maximum atomic E-state index is 12.9. The van der Waals surface area contributed by atoms with Gasteiger partial charge in [0.1, 0.15) is 0 Å². The van der Waals surface area contributed by atoms with Crippen molar-refractivity contribution in [3.63, 3.8) is 0 Å². The molecule has 2 aliphatic carbocycles. The van der Waals surface area contributed by atoms with Crippen molar-refractivity contribution in [2.24, 2.45) is 5.92 Å². The number of carbonyl (C=O) groups excluding carboxylic acids is 1. The molecular weight excluding hydrogens is 478 g/mol. The first-order valence-electron chi connectivity index (χ1n) is 10.3. The lowest BCUT2D eigenvalue weighted by Gasteiger charge is -2.58. The van der Waals surface area contributed by atoms with E-state index < -0.39 is 5.41 Å². The van der Waals surface area contributed by atoms with Crippen molar-refractivity contribution in [3.05, 3.63) is 63.8 Å². The van der Waals surface area contributed by atoms with Crippen LogP contribution in [0.1, 0.15) is 29.2 Å². The van der Waals surface area contributed by atoms with Crippen LogP contribution in [0.2, 0.25) is 0 Å². The Morgan fingerprint density at radius 1 is 1.23 bits per heavy atom. The van der Waals surface area contributed by atoms with Crippen molar-refractivity contribution in [1.29, 1.82) is 0 Å². The highest BCUT2D eigenvalue weighted by Crippen LogP contribution is 2.63. The smallest absolute Gasteiger partial charge is 0.197 e. The molecule has 5 rings (SSSR count). The number of benzene rings is 2. The van der Waals surface area contributed by atoms with E-state index in [1.54, 1.807) is 17.8 Å². The van der Waals surface area contributed by atoms with Gasteiger partial charge in [0.2, 0.25) is 0 Å². The molecule has 0 amide bonds. The summed E-state index contributed by atoms with van der Waals surface area (Å²) in [6.07, 6.45) is 2.98. The fraction of sp³-hybridized carbons (Fsp3) is 0.375. The molecule has 5 nitrogen and oxygen atoms in total. The van der Waals surface area contributed by atoms with E-state index in [2.05, 4.69) is 33.9 Å². The summed E-state index contributed by atoms with van der Waals surface area (Å²) in [5.41, 5.74) is 1.18. The predicted octanol–water partition coefficient (Wildman–Crippen LogP) is 4.77. The van der Waals surface area contributed by atoms with Gasteiger partial charge < -0.3 is 19.8 Å². The third-order valence-electron chi connectivity index (χ3n) is 7.12. The summed E-state index contributed by atoms with van der Waals surface area (Å²) in [5.74, 6) is 0.105. The van der Waals surface area contributed by atoms with Gasteiger partial charge in [-0.05, 0) is 65.8 Å². The van der Waals surface area contributed by atoms with Crippen molar-refractivity contribution < 1.29 is 19.7 Å².